The normalized spacial score (nSPS) is 13.9. The second-order valence-electron chi connectivity index (χ2n) is 6.51. The molecule has 0 aromatic heterocycles. The molecule has 0 radical (unpaired) electrons. The molecule has 2 rings (SSSR count). The Morgan fingerprint density at radius 1 is 1.12 bits per heavy atom. The first kappa shape index (κ1) is 19.2. The lowest BCUT2D eigenvalue weighted by Crippen LogP contribution is -2.29. The van der Waals surface area contributed by atoms with Gasteiger partial charge in [-0.1, -0.05) is 24.6 Å². The molecule has 0 atom stereocenters. The van der Waals surface area contributed by atoms with Crippen LogP contribution in [0.15, 0.2) is 29.8 Å². The molecule has 136 valence electrons. The minimum atomic E-state index is -0.0748. The Morgan fingerprint density at radius 3 is 2.68 bits per heavy atom. The molecular weight excluding hydrogens is 314 g/mol. The van der Waals surface area contributed by atoms with Crippen molar-refractivity contribution in [3.63, 3.8) is 0 Å². The van der Waals surface area contributed by atoms with E-state index in [4.69, 9.17) is 0 Å². The predicted molar refractivity (Wildman–Crippen MR) is 103 cm³/mol. The van der Waals surface area contributed by atoms with Crippen LogP contribution in [0.2, 0.25) is 0 Å². The zero-order valence-corrected chi connectivity index (χ0v) is 15.3. The minimum Gasteiger partial charge on any atom is -0.326 e. The fourth-order valence-electron chi connectivity index (χ4n) is 2.86. The number of hydrogen-bond acceptors (Lipinski definition) is 3. The third kappa shape index (κ3) is 6.70. The van der Waals surface area contributed by atoms with Crippen molar-refractivity contribution >= 4 is 23.2 Å². The summed E-state index contributed by atoms with van der Waals surface area (Å²) in [4.78, 5) is 23.6. The number of nitrogens with one attached hydrogen (secondary N) is 3. The van der Waals surface area contributed by atoms with Gasteiger partial charge in [-0.05, 0) is 63.3 Å². The Bertz CT molecular complexity index is 638. The fourth-order valence-corrected chi connectivity index (χ4v) is 2.86. The summed E-state index contributed by atoms with van der Waals surface area (Å²) in [5, 5.41) is 8.92. The number of carbonyl (C=O) groups is 2. The highest BCUT2D eigenvalue weighted by molar-refractivity contribution is 5.95. The van der Waals surface area contributed by atoms with Gasteiger partial charge in [-0.2, -0.15) is 0 Å². The van der Waals surface area contributed by atoms with E-state index in [9.17, 15) is 9.59 Å². The maximum Gasteiger partial charge on any atom is 0.238 e. The van der Waals surface area contributed by atoms with Crippen LogP contribution in [0, 0.1) is 6.92 Å². The van der Waals surface area contributed by atoms with Gasteiger partial charge in [0.2, 0.25) is 11.8 Å². The van der Waals surface area contributed by atoms with Crippen molar-refractivity contribution in [1.29, 1.82) is 0 Å². The smallest absolute Gasteiger partial charge is 0.238 e. The molecule has 0 bridgehead atoms. The molecule has 5 nitrogen and oxygen atoms in total. The first-order chi connectivity index (χ1) is 12.1. The van der Waals surface area contributed by atoms with E-state index in [1.165, 1.54) is 31.3 Å². The maximum atomic E-state index is 12.1. The molecule has 0 saturated carbocycles. The van der Waals surface area contributed by atoms with Crippen molar-refractivity contribution in [2.45, 2.75) is 52.4 Å². The molecule has 1 aromatic rings. The van der Waals surface area contributed by atoms with Crippen LogP contribution in [0.5, 0.6) is 0 Å². The number of rotatable bonds is 8. The van der Waals surface area contributed by atoms with Gasteiger partial charge in [0, 0.05) is 17.8 Å². The van der Waals surface area contributed by atoms with Gasteiger partial charge >= 0.3 is 0 Å². The molecule has 0 spiro atoms. The van der Waals surface area contributed by atoms with Crippen molar-refractivity contribution in [3.05, 3.63) is 35.4 Å². The zero-order chi connectivity index (χ0) is 18.1. The van der Waals surface area contributed by atoms with Crippen molar-refractivity contribution in [1.82, 2.24) is 5.32 Å². The lowest BCUT2D eigenvalue weighted by atomic mass is 9.97. The topological polar surface area (TPSA) is 70.2 Å². The molecule has 2 amide bonds. The molecule has 0 fully saturated rings. The second kappa shape index (κ2) is 9.99. The van der Waals surface area contributed by atoms with Gasteiger partial charge in [-0.3, -0.25) is 9.59 Å². The summed E-state index contributed by atoms with van der Waals surface area (Å²) in [6.07, 6.45) is 8.77. The molecule has 25 heavy (non-hydrogen) atoms. The Balaban J connectivity index is 1.76. The van der Waals surface area contributed by atoms with E-state index in [1.54, 1.807) is 6.07 Å². The average molecular weight is 343 g/mol. The summed E-state index contributed by atoms with van der Waals surface area (Å²) >= 11 is 0. The third-order valence-corrected chi connectivity index (χ3v) is 4.41. The van der Waals surface area contributed by atoms with Gasteiger partial charge in [0.1, 0.15) is 0 Å². The van der Waals surface area contributed by atoms with Crippen LogP contribution in [0.4, 0.5) is 11.4 Å². The second-order valence-corrected chi connectivity index (χ2v) is 6.51. The average Bonchev–Trinajstić information content (AvgIpc) is 2.62. The van der Waals surface area contributed by atoms with Crippen molar-refractivity contribution < 1.29 is 9.59 Å². The van der Waals surface area contributed by atoms with Crippen molar-refractivity contribution in [3.8, 4) is 0 Å². The Kier molecular flexibility index (Phi) is 7.67. The fraction of sp³-hybridized carbons (Fsp3) is 0.500. The highest BCUT2D eigenvalue weighted by Gasteiger charge is 2.07. The molecule has 1 aliphatic rings. The quantitative estimate of drug-likeness (QED) is 0.497. The van der Waals surface area contributed by atoms with E-state index < -0.39 is 0 Å². The molecule has 0 saturated heterocycles. The number of allylic oxidation sites excluding steroid dienone is 1. The van der Waals surface area contributed by atoms with Crippen LogP contribution < -0.4 is 16.0 Å². The Labute approximate surface area is 150 Å². The van der Waals surface area contributed by atoms with Crippen LogP contribution in [-0.2, 0) is 9.59 Å². The number of anilines is 2. The summed E-state index contributed by atoms with van der Waals surface area (Å²) < 4.78 is 0. The van der Waals surface area contributed by atoms with Gasteiger partial charge in [0.15, 0.2) is 0 Å². The summed E-state index contributed by atoms with van der Waals surface area (Å²) in [6, 6.07) is 5.54. The van der Waals surface area contributed by atoms with E-state index >= 15 is 0 Å². The number of carbonyl (C=O) groups excluding carboxylic acids is 2. The largest absolute Gasteiger partial charge is 0.326 e. The van der Waals surface area contributed by atoms with Crippen LogP contribution in [0.1, 0.15) is 51.0 Å². The van der Waals surface area contributed by atoms with E-state index in [0.29, 0.717) is 12.1 Å². The molecule has 1 aromatic carbocycles. The molecule has 0 aliphatic heterocycles. The monoisotopic (exact) mass is 343 g/mol. The highest BCUT2D eigenvalue weighted by Crippen LogP contribution is 2.21. The van der Waals surface area contributed by atoms with Gasteiger partial charge in [0.25, 0.3) is 0 Å². The van der Waals surface area contributed by atoms with Gasteiger partial charge in [-0.25, -0.2) is 0 Å². The predicted octanol–water partition coefficient (Wildman–Crippen LogP) is 3.76. The summed E-state index contributed by atoms with van der Waals surface area (Å²) in [6.45, 7) is 4.85. The van der Waals surface area contributed by atoms with Crippen molar-refractivity contribution in [2.24, 2.45) is 0 Å². The van der Waals surface area contributed by atoms with E-state index in [1.807, 2.05) is 26.0 Å². The summed E-state index contributed by atoms with van der Waals surface area (Å²) in [5.41, 5.74) is 3.91. The molecular formula is C20H29N3O2. The highest BCUT2D eigenvalue weighted by atomic mass is 16.2. The maximum absolute atomic E-state index is 12.1. The number of hydrogen-bond donors (Lipinski definition) is 3. The zero-order valence-electron chi connectivity index (χ0n) is 15.3. The number of benzene rings is 1. The Hall–Kier alpha value is -2.14. The standard InChI is InChI=1S/C20H29N3O2/c1-3-19(24)23-18-13-17(10-9-15(18)2)22-20(25)14-21-12-11-16-7-5-4-6-8-16/h7,9-10,13,21H,3-6,8,11-12,14H2,1-2H3,(H,22,25)(H,23,24). The van der Waals surface area contributed by atoms with Crippen LogP contribution >= 0.6 is 0 Å². The SMILES string of the molecule is CCC(=O)Nc1cc(NC(=O)CNCCC2=CCCCC2)ccc1C. The molecule has 0 heterocycles. The lowest BCUT2D eigenvalue weighted by Gasteiger charge is -2.13. The van der Waals surface area contributed by atoms with E-state index in [0.717, 1.165) is 24.2 Å². The molecule has 0 unspecified atom stereocenters. The van der Waals surface area contributed by atoms with Crippen LogP contribution in [0.3, 0.4) is 0 Å². The van der Waals surface area contributed by atoms with Gasteiger partial charge < -0.3 is 16.0 Å². The van der Waals surface area contributed by atoms with Crippen LogP contribution in [0.25, 0.3) is 0 Å². The number of aryl methyl sites for hydroxylation is 1. The van der Waals surface area contributed by atoms with E-state index in [2.05, 4.69) is 22.0 Å². The third-order valence-electron chi connectivity index (χ3n) is 4.41. The first-order valence-electron chi connectivity index (χ1n) is 9.17. The Morgan fingerprint density at radius 2 is 1.96 bits per heavy atom. The van der Waals surface area contributed by atoms with Gasteiger partial charge in [-0.15, -0.1) is 0 Å². The van der Waals surface area contributed by atoms with Gasteiger partial charge in [0.05, 0.1) is 6.54 Å². The minimum absolute atomic E-state index is 0.0368. The first-order valence-corrected chi connectivity index (χ1v) is 9.17. The summed E-state index contributed by atoms with van der Waals surface area (Å²) in [7, 11) is 0. The molecule has 3 N–H and O–H groups in total. The molecule has 5 heteroatoms. The summed E-state index contributed by atoms with van der Waals surface area (Å²) in [5.74, 6) is -0.112. The number of amides is 2. The molecule has 1 aliphatic carbocycles. The van der Waals surface area contributed by atoms with E-state index in [-0.39, 0.29) is 18.4 Å². The van der Waals surface area contributed by atoms with Crippen LogP contribution in [-0.4, -0.2) is 24.9 Å². The lowest BCUT2D eigenvalue weighted by molar-refractivity contribution is -0.116. The van der Waals surface area contributed by atoms with Crippen molar-refractivity contribution in [2.75, 3.05) is 23.7 Å².